The maximum absolute atomic E-state index is 13.8. The van der Waals surface area contributed by atoms with Gasteiger partial charge in [-0.25, -0.2) is 13.2 Å². The van der Waals surface area contributed by atoms with Crippen molar-refractivity contribution in [3.05, 3.63) is 65.5 Å². The highest BCUT2D eigenvalue weighted by molar-refractivity contribution is 5.94. The zero-order chi connectivity index (χ0) is 20.1. The minimum Gasteiger partial charge on any atom is -0.484 e. The van der Waals surface area contributed by atoms with E-state index < -0.39 is 28.9 Å². The van der Waals surface area contributed by atoms with Crippen LogP contribution in [0.5, 0.6) is 5.75 Å². The molecule has 1 N–H and O–H groups in total. The molecule has 0 bridgehead atoms. The highest BCUT2D eigenvalue weighted by atomic mass is 19.2. The molecule has 3 rings (SSSR count). The third-order valence-corrected chi connectivity index (χ3v) is 4.53. The van der Waals surface area contributed by atoms with E-state index in [9.17, 15) is 22.8 Å². The molecule has 0 aromatic heterocycles. The topological polar surface area (TPSA) is 58.6 Å². The molecule has 0 aliphatic carbocycles. The van der Waals surface area contributed by atoms with E-state index in [1.165, 1.54) is 4.90 Å². The van der Waals surface area contributed by atoms with Crippen molar-refractivity contribution in [2.45, 2.75) is 18.9 Å². The molecule has 148 valence electrons. The summed E-state index contributed by atoms with van der Waals surface area (Å²) in [5.41, 5.74) is -0.502. The zero-order valence-electron chi connectivity index (χ0n) is 15.0. The smallest absolute Gasteiger partial charge is 0.258 e. The number of likely N-dealkylation sites (tertiary alicyclic amines) is 1. The molecule has 0 unspecified atom stereocenters. The van der Waals surface area contributed by atoms with Gasteiger partial charge in [-0.2, -0.15) is 0 Å². The molecule has 0 spiro atoms. The number of carbonyl (C=O) groups is 2. The van der Waals surface area contributed by atoms with Crippen LogP contribution in [0.2, 0.25) is 0 Å². The SMILES string of the molecule is O=C(COc1ccccc1)NC1CCN(C(=O)c2ccc(F)c(F)c2F)CC1. The molecule has 1 aliphatic rings. The standard InChI is InChI=1S/C20H19F3N2O3/c21-16-7-6-15(18(22)19(16)23)20(27)25-10-8-13(9-11-25)24-17(26)12-28-14-4-2-1-3-5-14/h1-7,13H,8-12H2,(H,24,26). The second-order valence-corrected chi connectivity index (χ2v) is 6.46. The summed E-state index contributed by atoms with van der Waals surface area (Å²) < 4.78 is 45.5. The van der Waals surface area contributed by atoms with Gasteiger partial charge in [0.2, 0.25) is 0 Å². The number of nitrogens with one attached hydrogen (secondary N) is 1. The molecule has 2 aromatic rings. The summed E-state index contributed by atoms with van der Waals surface area (Å²) in [7, 11) is 0. The van der Waals surface area contributed by atoms with Crippen LogP contribution in [0.4, 0.5) is 13.2 Å². The van der Waals surface area contributed by atoms with Crippen LogP contribution in [0, 0.1) is 17.5 Å². The summed E-state index contributed by atoms with van der Waals surface area (Å²) >= 11 is 0. The van der Waals surface area contributed by atoms with E-state index in [-0.39, 0.29) is 31.6 Å². The summed E-state index contributed by atoms with van der Waals surface area (Å²) in [5.74, 6) is -4.88. The number of carbonyl (C=O) groups excluding carboxylic acids is 2. The largest absolute Gasteiger partial charge is 0.484 e. The molecule has 1 fully saturated rings. The molecule has 0 atom stereocenters. The van der Waals surface area contributed by atoms with Crippen LogP contribution in [-0.4, -0.2) is 42.5 Å². The molecule has 8 heteroatoms. The fourth-order valence-electron chi connectivity index (χ4n) is 3.02. The minimum atomic E-state index is -1.66. The lowest BCUT2D eigenvalue weighted by Crippen LogP contribution is -2.47. The number of piperidine rings is 1. The first-order valence-corrected chi connectivity index (χ1v) is 8.85. The van der Waals surface area contributed by atoms with Crippen LogP contribution < -0.4 is 10.1 Å². The van der Waals surface area contributed by atoms with Crippen molar-refractivity contribution in [3.63, 3.8) is 0 Å². The summed E-state index contributed by atoms with van der Waals surface area (Å²) in [6.45, 7) is 0.409. The average Bonchev–Trinajstić information content (AvgIpc) is 2.71. The predicted octanol–water partition coefficient (Wildman–Crippen LogP) is 2.90. The lowest BCUT2D eigenvalue weighted by Gasteiger charge is -2.32. The molecule has 0 saturated carbocycles. The molecular weight excluding hydrogens is 373 g/mol. The van der Waals surface area contributed by atoms with Gasteiger partial charge in [-0.05, 0) is 37.1 Å². The lowest BCUT2D eigenvalue weighted by molar-refractivity contribution is -0.124. The van der Waals surface area contributed by atoms with Crippen LogP contribution in [0.1, 0.15) is 23.2 Å². The third-order valence-electron chi connectivity index (χ3n) is 4.53. The quantitative estimate of drug-likeness (QED) is 0.796. The Morgan fingerprint density at radius 3 is 2.36 bits per heavy atom. The van der Waals surface area contributed by atoms with Gasteiger partial charge in [0, 0.05) is 19.1 Å². The van der Waals surface area contributed by atoms with E-state index in [0.29, 0.717) is 18.6 Å². The Hall–Kier alpha value is -3.03. The van der Waals surface area contributed by atoms with Gasteiger partial charge < -0.3 is 15.0 Å². The van der Waals surface area contributed by atoms with E-state index in [0.717, 1.165) is 12.1 Å². The Balaban J connectivity index is 1.48. The van der Waals surface area contributed by atoms with E-state index >= 15 is 0 Å². The average molecular weight is 392 g/mol. The first-order valence-electron chi connectivity index (χ1n) is 8.85. The van der Waals surface area contributed by atoms with Crippen LogP contribution >= 0.6 is 0 Å². The van der Waals surface area contributed by atoms with Crippen molar-refractivity contribution < 1.29 is 27.5 Å². The Morgan fingerprint density at radius 1 is 1.00 bits per heavy atom. The van der Waals surface area contributed by atoms with Crippen LogP contribution in [-0.2, 0) is 4.79 Å². The molecule has 0 radical (unpaired) electrons. The molecule has 1 saturated heterocycles. The van der Waals surface area contributed by atoms with Crippen molar-refractivity contribution in [1.82, 2.24) is 10.2 Å². The van der Waals surface area contributed by atoms with Gasteiger partial charge in [-0.15, -0.1) is 0 Å². The normalized spacial score (nSPS) is 14.6. The van der Waals surface area contributed by atoms with Gasteiger partial charge in [-0.3, -0.25) is 9.59 Å². The number of benzene rings is 2. The second-order valence-electron chi connectivity index (χ2n) is 6.46. The Bertz CT molecular complexity index is 853. The van der Waals surface area contributed by atoms with Crippen molar-refractivity contribution in [2.75, 3.05) is 19.7 Å². The number of halogens is 3. The molecule has 28 heavy (non-hydrogen) atoms. The lowest BCUT2D eigenvalue weighted by atomic mass is 10.0. The van der Waals surface area contributed by atoms with E-state index in [1.54, 1.807) is 24.3 Å². The molecule has 2 aromatic carbocycles. The van der Waals surface area contributed by atoms with Gasteiger partial charge >= 0.3 is 0 Å². The first-order chi connectivity index (χ1) is 13.5. The molecular formula is C20H19F3N2O3. The zero-order valence-corrected chi connectivity index (χ0v) is 15.0. The molecule has 2 amide bonds. The number of para-hydroxylation sites is 1. The summed E-state index contributed by atoms with van der Waals surface area (Å²) in [5, 5.41) is 2.83. The Labute approximate surface area is 160 Å². The number of ether oxygens (including phenoxy) is 1. The Kier molecular flexibility index (Phi) is 6.18. The number of amides is 2. The van der Waals surface area contributed by atoms with E-state index in [2.05, 4.69) is 5.32 Å². The molecule has 5 nitrogen and oxygen atoms in total. The highest BCUT2D eigenvalue weighted by Crippen LogP contribution is 2.19. The van der Waals surface area contributed by atoms with Crippen molar-refractivity contribution in [3.8, 4) is 5.75 Å². The summed E-state index contributed by atoms with van der Waals surface area (Å²) in [6, 6.07) is 10.4. The van der Waals surface area contributed by atoms with Gasteiger partial charge in [0.25, 0.3) is 11.8 Å². The second kappa shape index (κ2) is 8.77. The van der Waals surface area contributed by atoms with E-state index in [4.69, 9.17) is 4.74 Å². The minimum absolute atomic E-state index is 0.122. The first kappa shape index (κ1) is 19.7. The van der Waals surface area contributed by atoms with Crippen LogP contribution in [0.25, 0.3) is 0 Å². The van der Waals surface area contributed by atoms with Gasteiger partial charge in [-0.1, -0.05) is 18.2 Å². The fourth-order valence-corrected chi connectivity index (χ4v) is 3.02. The Morgan fingerprint density at radius 2 is 1.68 bits per heavy atom. The van der Waals surface area contributed by atoms with Crippen molar-refractivity contribution in [1.29, 1.82) is 0 Å². The molecule has 1 aliphatic heterocycles. The summed E-state index contributed by atoms with van der Waals surface area (Å²) in [4.78, 5) is 25.7. The number of nitrogens with zero attached hydrogens (tertiary/aromatic N) is 1. The van der Waals surface area contributed by atoms with Crippen molar-refractivity contribution >= 4 is 11.8 Å². The number of hydrogen-bond donors (Lipinski definition) is 1. The van der Waals surface area contributed by atoms with Crippen LogP contribution in [0.15, 0.2) is 42.5 Å². The van der Waals surface area contributed by atoms with Gasteiger partial charge in [0.1, 0.15) is 5.75 Å². The highest BCUT2D eigenvalue weighted by Gasteiger charge is 2.27. The fraction of sp³-hybridized carbons (Fsp3) is 0.300. The predicted molar refractivity (Wildman–Crippen MR) is 95.3 cm³/mol. The maximum Gasteiger partial charge on any atom is 0.258 e. The third kappa shape index (κ3) is 4.62. The molecule has 1 heterocycles. The van der Waals surface area contributed by atoms with Gasteiger partial charge in [0.05, 0.1) is 5.56 Å². The van der Waals surface area contributed by atoms with Crippen LogP contribution in [0.3, 0.4) is 0 Å². The monoisotopic (exact) mass is 392 g/mol. The number of rotatable bonds is 5. The van der Waals surface area contributed by atoms with Crippen molar-refractivity contribution in [2.24, 2.45) is 0 Å². The van der Waals surface area contributed by atoms with Gasteiger partial charge in [0.15, 0.2) is 24.1 Å². The maximum atomic E-state index is 13.8. The number of hydrogen-bond acceptors (Lipinski definition) is 3. The van der Waals surface area contributed by atoms with E-state index in [1.807, 2.05) is 6.07 Å². The summed E-state index contributed by atoms with van der Waals surface area (Å²) in [6.07, 6.45) is 0.933.